The molecule has 0 aliphatic carbocycles. The van der Waals surface area contributed by atoms with Gasteiger partial charge in [-0.3, -0.25) is 4.68 Å². The van der Waals surface area contributed by atoms with Gasteiger partial charge in [0.2, 0.25) is 0 Å². The lowest BCUT2D eigenvalue weighted by Crippen LogP contribution is -1.99. The third kappa shape index (κ3) is 2.40. The number of hydrogen-bond acceptors (Lipinski definition) is 3. The van der Waals surface area contributed by atoms with Crippen LogP contribution in [-0.4, -0.2) is 16.9 Å². The molecule has 102 valence electrons. The molecule has 0 atom stereocenters. The van der Waals surface area contributed by atoms with Crippen LogP contribution in [0.1, 0.15) is 16.8 Å². The number of halogens is 1. The number of rotatable bonds is 3. The van der Waals surface area contributed by atoms with Crippen LogP contribution in [0.15, 0.2) is 16.6 Å². The maximum Gasteiger partial charge on any atom is 0.128 e. The first-order valence-electron chi connectivity index (χ1n) is 6.06. The zero-order chi connectivity index (χ0) is 14.2. The molecule has 0 fully saturated rings. The van der Waals surface area contributed by atoms with Gasteiger partial charge in [-0.2, -0.15) is 5.10 Å². The Kier molecular flexibility index (Phi) is 3.96. The average molecular weight is 324 g/mol. The number of benzene rings is 1. The lowest BCUT2D eigenvalue weighted by molar-refractivity contribution is 0.415. The summed E-state index contributed by atoms with van der Waals surface area (Å²) in [5.74, 6) is 0.843. The normalized spacial score (nSPS) is 10.8. The molecule has 0 saturated carbocycles. The highest BCUT2D eigenvalue weighted by molar-refractivity contribution is 9.10. The minimum absolute atomic E-state index is 0.404. The van der Waals surface area contributed by atoms with Crippen molar-refractivity contribution in [2.24, 2.45) is 12.8 Å². The van der Waals surface area contributed by atoms with E-state index in [4.69, 9.17) is 10.5 Å². The van der Waals surface area contributed by atoms with E-state index in [2.05, 4.69) is 40.9 Å². The van der Waals surface area contributed by atoms with E-state index in [-0.39, 0.29) is 0 Å². The van der Waals surface area contributed by atoms with Crippen LogP contribution in [0, 0.1) is 13.8 Å². The van der Waals surface area contributed by atoms with Crippen LogP contribution in [0.25, 0.3) is 11.3 Å². The van der Waals surface area contributed by atoms with Crippen LogP contribution in [0.3, 0.4) is 0 Å². The molecule has 1 aromatic carbocycles. The Morgan fingerprint density at radius 2 is 1.95 bits per heavy atom. The van der Waals surface area contributed by atoms with Crippen LogP contribution in [0.5, 0.6) is 5.75 Å². The van der Waals surface area contributed by atoms with Gasteiger partial charge in [-0.15, -0.1) is 0 Å². The van der Waals surface area contributed by atoms with Gasteiger partial charge in [-0.25, -0.2) is 0 Å². The first-order chi connectivity index (χ1) is 8.99. The van der Waals surface area contributed by atoms with Crippen molar-refractivity contribution in [3.8, 4) is 17.0 Å². The molecule has 0 spiro atoms. The molecule has 2 aromatic rings. The van der Waals surface area contributed by atoms with Crippen LogP contribution in [0.2, 0.25) is 0 Å². The van der Waals surface area contributed by atoms with E-state index < -0.39 is 0 Å². The Balaban J connectivity index is 2.71. The van der Waals surface area contributed by atoms with E-state index in [9.17, 15) is 0 Å². The number of aromatic nitrogens is 2. The Labute approximate surface area is 121 Å². The van der Waals surface area contributed by atoms with Crippen molar-refractivity contribution in [2.45, 2.75) is 20.4 Å². The van der Waals surface area contributed by atoms with Crippen molar-refractivity contribution in [1.82, 2.24) is 9.78 Å². The molecule has 19 heavy (non-hydrogen) atoms. The van der Waals surface area contributed by atoms with Gasteiger partial charge in [0.15, 0.2) is 0 Å². The molecule has 0 aliphatic rings. The van der Waals surface area contributed by atoms with E-state index in [1.807, 2.05) is 17.8 Å². The SMILES string of the molecule is COc1cc(C)c(C)cc1-c1c(Br)c(CN)nn1C. The molecule has 0 unspecified atom stereocenters. The first kappa shape index (κ1) is 14.1. The zero-order valence-electron chi connectivity index (χ0n) is 11.6. The molecule has 0 saturated heterocycles. The molecular formula is C14H18BrN3O. The summed E-state index contributed by atoms with van der Waals surface area (Å²) in [4.78, 5) is 0. The summed E-state index contributed by atoms with van der Waals surface area (Å²) in [5.41, 5.74) is 11.0. The standard InChI is InChI=1S/C14H18BrN3O/c1-8-5-10(12(19-4)6-9(8)2)14-13(15)11(7-16)17-18(14)3/h5-6H,7,16H2,1-4H3. The molecule has 5 heteroatoms. The first-order valence-corrected chi connectivity index (χ1v) is 6.86. The van der Waals surface area contributed by atoms with E-state index >= 15 is 0 Å². The van der Waals surface area contributed by atoms with Gasteiger partial charge in [0, 0.05) is 19.2 Å². The summed E-state index contributed by atoms with van der Waals surface area (Å²) in [6.07, 6.45) is 0. The largest absolute Gasteiger partial charge is 0.496 e. The van der Waals surface area contributed by atoms with E-state index in [0.717, 1.165) is 27.2 Å². The number of ether oxygens (including phenoxy) is 1. The number of aryl methyl sites for hydroxylation is 3. The molecule has 1 heterocycles. The molecule has 0 bridgehead atoms. The van der Waals surface area contributed by atoms with Gasteiger partial charge < -0.3 is 10.5 Å². The fourth-order valence-electron chi connectivity index (χ4n) is 2.12. The van der Waals surface area contributed by atoms with Crippen LogP contribution in [-0.2, 0) is 13.6 Å². The molecule has 1 aromatic heterocycles. The van der Waals surface area contributed by atoms with Crippen molar-refractivity contribution in [3.63, 3.8) is 0 Å². The van der Waals surface area contributed by atoms with E-state index in [1.54, 1.807) is 7.11 Å². The lowest BCUT2D eigenvalue weighted by atomic mass is 10.0. The second kappa shape index (κ2) is 5.35. The minimum Gasteiger partial charge on any atom is -0.496 e. The Bertz CT molecular complexity index is 620. The Morgan fingerprint density at radius 3 is 2.47 bits per heavy atom. The van der Waals surface area contributed by atoms with Gasteiger partial charge in [0.05, 0.1) is 23.0 Å². The van der Waals surface area contributed by atoms with Gasteiger partial charge in [0.1, 0.15) is 5.75 Å². The summed E-state index contributed by atoms with van der Waals surface area (Å²) in [6.45, 7) is 4.57. The highest BCUT2D eigenvalue weighted by Gasteiger charge is 2.18. The molecule has 0 radical (unpaired) electrons. The highest BCUT2D eigenvalue weighted by Crippen LogP contribution is 2.37. The second-order valence-electron chi connectivity index (χ2n) is 4.57. The maximum absolute atomic E-state index is 5.70. The Morgan fingerprint density at radius 1 is 1.32 bits per heavy atom. The molecule has 2 N–H and O–H groups in total. The monoisotopic (exact) mass is 323 g/mol. The van der Waals surface area contributed by atoms with E-state index in [1.165, 1.54) is 11.1 Å². The fourth-order valence-corrected chi connectivity index (χ4v) is 2.83. The quantitative estimate of drug-likeness (QED) is 0.944. The topological polar surface area (TPSA) is 53.1 Å². The summed E-state index contributed by atoms with van der Waals surface area (Å²) in [6, 6.07) is 4.17. The summed E-state index contributed by atoms with van der Waals surface area (Å²) < 4.78 is 8.26. The van der Waals surface area contributed by atoms with Crippen molar-refractivity contribution in [2.75, 3.05) is 7.11 Å². The third-order valence-electron chi connectivity index (χ3n) is 3.32. The third-order valence-corrected chi connectivity index (χ3v) is 4.15. The van der Waals surface area contributed by atoms with Crippen LogP contribution < -0.4 is 10.5 Å². The number of hydrogen-bond donors (Lipinski definition) is 1. The summed E-state index contributed by atoms with van der Waals surface area (Å²) >= 11 is 3.59. The minimum atomic E-state index is 0.404. The lowest BCUT2D eigenvalue weighted by Gasteiger charge is -2.12. The average Bonchev–Trinajstić information content (AvgIpc) is 2.67. The van der Waals surface area contributed by atoms with Gasteiger partial charge in [-0.1, -0.05) is 0 Å². The van der Waals surface area contributed by atoms with Crippen molar-refractivity contribution in [1.29, 1.82) is 0 Å². The molecule has 0 aliphatic heterocycles. The van der Waals surface area contributed by atoms with Crippen LogP contribution in [0.4, 0.5) is 0 Å². The highest BCUT2D eigenvalue weighted by atomic mass is 79.9. The summed E-state index contributed by atoms with van der Waals surface area (Å²) in [5, 5.41) is 4.42. The van der Waals surface area contributed by atoms with Gasteiger partial charge in [-0.05, 0) is 53.0 Å². The predicted octanol–water partition coefficient (Wildman–Crippen LogP) is 2.93. The van der Waals surface area contributed by atoms with E-state index in [0.29, 0.717) is 6.54 Å². The number of methoxy groups -OCH3 is 1. The number of nitrogens with zero attached hydrogens (tertiary/aromatic N) is 2. The Hall–Kier alpha value is -1.33. The molecular weight excluding hydrogens is 306 g/mol. The molecule has 2 rings (SSSR count). The van der Waals surface area contributed by atoms with Crippen molar-refractivity contribution < 1.29 is 4.74 Å². The van der Waals surface area contributed by atoms with Crippen molar-refractivity contribution >= 4 is 15.9 Å². The number of nitrogens with two attached hydrogens (primary N) is 1. The zero-order valence-corrected chi connectivity index (χ0v) is 13.2. The fraction of sp³-hybridized carbons (Fsp3) is 0.357. The van der Waals surface area contributed by atoms with Gasteiger partial charge in [0.25, 0.3) is 0 Å². The van der Waals surface area contributed by atoms with Gasteiger partial charge >= 0.3 is 0 Å². The second-order valence-corrected chi connectivity index (χ2v) is 5.37. The summed E-state index contributed by atoms with van der Waals surface area (Å²) in [7, 11) is 3.59. The van der Waals surface area contributed by atoms with Crippen molar-refractivity contribution in [3.05, 3.63) is 33.4 Å². The molecule has 4 nitrogen and oxygen atoms in total. The predicted molar refractivity (Wildman–Crippen MR) is 80.3 cm³/mol. The molecule has 0 amide bonds. The maximum atomic E-state index is 5.70. The smallest absolute Gasteiger partial charge is 0.128 e. The van der Waals surface area contributed by atoms with Crippen LogP contribution >= 0.6 is 15.9 Å².